The highest BCUT2D eigenvalue weighted by molar-refractivity contribution is 5.72. The zero-order valence-electron chi connectivity index (χ0n) is 18.2. The molecule has 0 aliphatic carbocycles. The second kappa shape index (κ2) is 10.2. The monoisotopic (exact) mass is 387 g/mol. The fraction of sp³-hybridized carbons (Fsp3) is 0.952. The molecule has 160 valence electrons. The molecule has 6 nitrogen and oxygen atoms in total. The highest BCUT2D eigenvalue weighted by Crippen LogP contribution is 2.28. The van der Waals surface area contributed by atoms with Gasteiger partial charge in [-0.25, -0.2) is 0 Å². The van der Waals surface area contributed by atoms with E-state index in [0.717, 1.165) is 0 Å². The number of hydrogen-bond donors (Lipinski definition) is 3. The molecule has 1 aliphatic heterocycles. The van der Waals surface area contributed by atoms with Crippen LogP contribution in [0.4, 0.5) is 0 Å². The van der Waals surface area contributed by atoms with Crippen molar-refractivity contribution < 1.29 is 24.9 Å². The van der Waals surface area contributed by atoms with Gasteiger partial charge in [0.15, 0.2) is 0 Å². The fourth-order valence-electron chi connectivity index (χ4n) is 4.35. The van der Waals surface area contributed by atoms with Gasteiger partial charge in [-0.15, -0.1) is 0 Å². The van der Waals surface area contributed by atoms with Gasteiger partial charge in [0.2, 0.25) is 0 Å². The zero-order chi connectivity index (χ0) is 20.9. The van der Waals surface area contributed by atoms with Gasteiger partial charge >= 0.3 is 5.97 Å². The first kappa shape index (κ1) is 24.3. The van der Waals surface area contributed by atoms with Crippen molar-refractivity contribution in [1.29, 1.82) is 0 Å². The smallest absolute Gasteiger partial charge is 0.309 e. The lowest BCUT2D eigenvalue weighted by molar-refractivity contribution is -0.189. The fourth-order valence-corrected chi connectivity index (χ4v) is 4.35. The van der Waals surface area contributed by atoms with E-state index in [1.165, 1.54) is 0 Å². The molecule has 8 atom stereocenters. The number of carbonyl (C=O) groups excluding carboxylic acids is 1. The quantitative estimate of drug-likeness (QED) is 0.598. The Hall–Kier alpha value is -0.690. The Balaban J connectivity index is 3.12. The van der Waals surface area contributed by atoms with Crippen molar-refractivity contribution in [1.82, 2.24) is 4.90 Å². The molecule has 0 amide bonds. The number of nitrogens with zero attached hydrogens (tertiary/aromatic N) is 1. The molecule has 27 heavy (non-hydrogen) atoms. The van der Waals surface area contributed by atoms with Crippen molar-refractivity contribution in [2.75, 3.05) is 13.6 Å². The summed E-state index contributed by atoms with van der Waals surface area (Å²) in [6, 6.07) is -0.325. The minimum Gasteiger partial charge on any atom is -0.459 e. The highest BCUT2D eigenvalue weighted by atomic mass is 16.6. The Labute approximate surface area is 164 Å². The van der Waals surface area contributed by atoms with E-state index in [2.05, 4.69) is 6.92 Å². The van der Waals surface area contributed by atoms with Gasteiger partial charge < -0.3 is 25.0 Å². The van der Waals surface area contributed by atoms with Crippen molar-refractivity contribution in [3.63, 3.8) is 0 Å². The molecule has 0 spiro atoms. The Morgan fingerprint density at radius 1 is 1.11 bits per heavy atom. The van der Waals surface area contributed by atoms with E-state index in [-0.39, 0.29) is 29.8 Å². The molecule has 1 heterocycles. The molecule has 0 saturated carbocycles. The number of carbonyl (C=O) groups is 1. The van der Waals surface area contributed by atoms with Crippen LogP contribution in [0.15, 0.2) is 0 Å². The van der Waals surface area contributed by atoms with E-state index < -0.39 is 23.9 Å². The van der Waals surface area contributed by atoms with Crippen LogP contribution >= 0.6 is 0 Å². The summed E-state index contributed by atoms with van der Waals surface area (Å²) in [5, 5.41) is 32.3. The summed E-state index contributed by atoms with van der Waals surface area (Å²) >= 11 is 0. The average molecular weight is 388 g/mol. The first-order chi connectivity index (χ1) is 12.4. The number of ether oxygens (including phenoxy) is 1. The summed E-state index contributed by atoms with van der Waals surface area (Å²) in [4.78, 5) is 14.5. The largest absolute Gasteiger partial charge is 0.459 e. The SMILES string of the molecule is CC[C@H]1OC(=O)[C@H](C)C[C@H](C)C[C@H](O)C[C@@H](C)CN(C)[C@H](C)[C@@H](O)[C@]1(C)O. The Morgan fingerprint density at radius 3 is 2.22 bits per heavy atom. The minimum atomic E-state index is -1.55. The van der Waals surface area contributed by atoms with Crippen molar-refractivity contribution in [2.24, 2.45) is 17.8 Å². The van der Waals surface area contributed by atoms with Gasteiger partial charge in [0, 0.05) is 12.6 Å². The second-order valence-electron chi connectivity index (χ2n) is 9.16. The molecule has 6 heteroatoms. The van der Waals surface area contributed by atoms with Crippen LogP contribution in [0.25, 0.3) is 0 Å². The summed E-state index contributed by atoms with van der Waals surface area (Å²) in [7, 11) is 1.91. The average Bonchev–Trinajstić information content (AvgIpc) is 2.56. The van der Waals surface area contributed by atoms with Crippen LogP contribution in [-0.4, -0.2) is 69.7 Å². The molecule has 3 N–H and O–H groups in total. The van der Waals surface area contributed by atoms with Crippen molar-refractivity contribution in [3.05, 3.63) is 0 Å². The Kier molecular flexibility index (Phi) is 9.19. The number of cyclic esters (lactones) is 1. The van der Waals surface area contributed by atoms with Crippen LogP contribution in [0, 0.1) is 17.8 Å². The summed E-state index contributed by atoms with van der Waals surface area (Å²) in [6.45, 7) is 11.9. The summed E-state index contributed by atoms with van der Waals surface area (Å²) in [6.07, 6.45) is 0.107. The van der Waals surface area contributed by atoms with Gasteiger partial charge in [0.05, 0.1) is 12.0 Å². The van der Waals surface area contributed by atoms with Crippen molar-refractivity contribution >= 4 is 5.97 Å². The number of rotatable bonds is 1. The molecule has 0 unspecified atom stereocenters. The van der Waals surface area contributed by atoms with Gasteiger partial charge in [-0.3, -0.25) is 4.79 Å². The molecule has 0 aromatic heterocycles. The van der Waals surface area contributed by atoms with Crippen LogP contribution in [0.3, 0.4) is 0 Å². The first-order valence-electron chi connectivity index (χ1n) is 10.4. The number of aliphatic hydroxyl groups excluding tert-OH is 2. The Bertz CT molecular complexity index is 469. The van der Waals surface area contributed by atoms with Crippen molar-refractivity contribution in [2.45, 2.75) is 97.2 Å². The van der Waals surface area contributed by atoms with E-state index in [1.54, 1.807) is 6.92 Å². The predicted molar refractivity (Wildman–Crippen MR) is 106 cm³/mol. The van der Waals surface area contributed by atoms with Gasteiger partial charge in [-0.1, -0.05) is 27.7 Å². The minimum absolute atomic E-state index is 0.197. The third-order valence-corrected chi connectivity index (χ3v) is 6.14. The van der Waals surface area contributed by atoms with E-state index in [9.17, 15) is 20.1 Å². The van der Waals surface area contributed by atoms with Crippen LogP contribution in [-0.2, 0) is 9.53 Å². The highest BCUT2D eigenvalue weighted by Gasteiger charge is 2.44. The van der Waals surface area contributed by atoms with E-state index in [0.29, 0.717) is 32.2 Å². The van der Waals surface area contributed by atoms with Crippen molar-refractivity contribution in [3.8, 4) is 0 Å². The summed E-state index contributed by atoms with van der Waals surface area (Å²) < 4.78 is 5.62. The molecule has 1 rings (SSSR count). The predicted octanol–water partition coefficient (Wildman–Crippen LogP) is 2.19. The lowest BCUT2D eigenvalue weighted by atomic mass is 9.86. The summed E-state index contributed by atoms with van der Waals surface area (Å²) in [5.41, 5.74) is -1.55. The first-order valence-corrected chi connectivity index (χ1v) is 10.4. The topological polar surface area (TPSA) is 90.2 Å². The molecular weight excluding hydrogens is 346 g/mol. The normalized spacial score (nSPS) is 44.2. The zero-order valence-corrected chi connectivity index (χ0v) is 18.2. The van der Waals surface area contributed by atoms with E-state index >= 15 is 0 Å². The van der Waals surface area contributed by atoms with Gasteiger partial charge in [-0.2, -0.15) is 0 Å². The maximum Gasteiger partial charge on any atom is 0.309 e. The van der Waals surface area contributed by atoms with E-state index in [1.807, 2.05) is 39.6 Å². The summed E-state index contributed by atoms with van der Waals surface area (Å²) in [5.74, 6) is -0.237. The van der Waals surface area contributed by atoms with Gasteiger partial charge in [-0.05, 0) is 58.4 Å². The number of hydrogen-bond acceptors (Lipinski definition) is 6. The third-order valence-electron chi connectivity index (χ3n) is 6.14. The molecule has 0 radical (unpaired) electrons. The second-order valence-corrected chi connectivity index (χ2v) is 9.16. The lowest BCUT2D eigenvalue weighted by Crippen LogP contribution is -2.58. The number of aliphatic hydroxyl groups is 3. The number of likely N-dealkylation sites (N-methyl/N-ethyl adjacent to an activating group) is 1. The lowest BCUT2D eigenvalue weighted by Gasteiger charge is -2.41. The molecule has 0 aromatic carbocycles. The molecule has 0 bridgehead atoms. The van der Waals surface area contributed by atoms with Crippen LogP contribution < -0.4 is 0 Å². The third kappa shape index (κ3) is 6.70. The maximum atomic E-state index is 12.6. The van der Waals surface area contributed by atoms with Crippen LogP contribution in [0.5, 0.6) is 0 Å². The van der Waals surface area contributed by atoms with Crippen LogP contribution in [0.2, 0.25) is 0 Å². The van der Waals surface area contributed by atoms with Crippen LogP contribution in [0.1, 0.15) is 67.2 Å². The van der Waals surface area contributed by atoms with Gasteiger partial charge in [0.1, 0.15) is 17.8 Å². The molecule has 1 fully saturated rings. The maximum absolute atomic E-state index is 12.6. The van der Waals surface area contributed by atoms with E-state index in [4.69, 9.17) is 4.74 Å². The van der Waals surface area contributed by atoms with Gasteiger partial charge in [0.25, 0.3) is 0 Å². The standard InChI is InChI=1S/C21H41NO5/c1-8-18-21(6,26)19(24)16(5)22(7)12-14(3)11-17(23)10-13(2)9-15(4)20(25)27-18/h13-19,23-24,26H,8-12H2,1-7H3/t13-,14+,15+,16+,17-,18+,19+,21+/m0/s1. The molecular formula is C21H41NO5. The molecule has 1 saturated heterocycles. The molecule has 0 aromatic rings. The Morgan fingerprint density at radius 2 is 1.67 bits per heavy atom. The molecule has 1 aliphatic rings. The number of esters is 1.